The van der Waals surface area contributed by atoms with Crippen molar-refractivity contribution in [3.05, 3.63) is 29.3 Å². The fraction of sp³-hybridized carbons (Fsp3) is 0.600. The van der Waals surface area contributed by atoms with Gasteiger partial charge in [0.05, 0.1) is 0 Å². The molecule has 0 saturated heterocycles. The van der Waals surface area contributed by atoms with Crippen LogP contribution in [0, 0.1) is 0 Å². The van der Waals surface area contributed by atoms with Gasteiger partial charge in [-0.15, -0.1) is 0 Å². The molecule has 1 atom stereocenters. The normalized spacial score (nSPS) is 18.6. The number of anilines is 1. The van der Waals surface area contributed by atoms with Gasteiger partial charge in [0, 0.05) is 11.7 Å². The predicted molar refractivity (Wildman–Crippen MR) is 74.2 cm³/mol. The van der Waals surface area contributed by atoms with Crippen LogP contribution in [0.1, 0.15) is 37.8 Å². The van der Waals surface area contributed by atoms with Gasteiger partial charge in [0.1, 0.15) is 0 Å². The Bertz CT molecular complexity index is 367. The molecule has 0 aromatic heterocycles. The number of benzene rings is 1. The minimum atomic E-state index is 0.701. The van der Waals surface area contributed by atoms with Crippen LogP contribution in [0.2, 0.25) is 0 Å². The second-order valence-electron chi connectivity index (χ2n) is 5.13. The van der Waals surface area contributed by atoms with Crippen LogP contribution < -0.4 is 5.73 Å². The number of fused-ring (bicyclic) bond motifs is 1. The molecule has 1 aliphatic carbocycles. The lowest BCUT2D eigenvalue weighted by Gasteiger charge is -2.27. The van der Waals surface area contributed by atoms with Gasteiger partial charge in [0.15, 0.2) is 0 Å². The van der Waals surface area contributed by atoms with Crippen molar-refractivity contribution in [1.29, 1.82) is 0 Å². The van der Waals surface area contributed by atoms with Gasteiger partial charge in [0.2, 0.25) is 0 Å². The van der Waals surface area contributed by atoms with E-state index >= 15 is 0 Å². The van der Waals surface area contributed by atoms with Gasteiger partial charge in [-0.05, 0) is 62.0 Å². The predicted octanol–water partition coefficient (Wildman–Crippen LogP) is 2.86. The average Bonchev–Trinajstić information content (AvgIpc) is 2.71. The molecule has 94 valence electrons. The van der Waals surface area contributed by atoms with Gasteiger partial charge < -0.3 is 5.73 Å². The lowest BCUT2D eigenvalue weighted by Crippen LogP contribution is -2.37. The monoisotopic (exact) mass is 232 g/mol. The van der Waals surface area contributed by atoms with Crippen molar-refractivity contribution in [3.63, 3.8) is 0 Å². The number of hydrogen-bond donors (Lipinski definition) is 1. The second-order valence-corrected chi connectivity index (χ2v) is 5.13. The molecule has 0 aliphatic heterocycles. The van der Waals surface area contributed by atoms with E-state index in [-0.39, 0.29) is 0 Å². The summed E-state index contributed by atoms with van der Waals surface area (Å²) in [6.07, 6.45) is 4.87. The van der Waals surface area contributed by atoms with Crippen LogP contribution in [0.5, 0.6) is 0 Å². The zero-order chi connectivity index (χ0) is 12.3. The molecular formula is C15H24N2. The van der Waals surface area contributed by atoms with Crippen molar-refractivity contribution in [2.75, 3.05) is 18.8 Å². The SMILES string of the molecule is CCCN(CCC)[C@@H]1Cc2ccc(N)cc2C1. The summed E-state index contributed by atoms with van der Waals surface area (Å²) in [5, 5.41) is 0. The number of nitrogens with two attached hydrogens (primary N) is 1. The smallest absolute Gasteiger partial charge is 0.0316 e. The highest BCUT2D eigenvalue weighted by atomic mass is 15.1. The highest BCUT2D eigenvalue weighted by molar-refractivity contribution is 5.47. The maximum absolute atomic E-state index is 5.86. The molecule has 2 nitrogen and oxygen atoms in total. The Hall–Kier alpha value is -1.02. The van der Waals surface area contributed by atoms with Crippen LogP contribution in [0.3, 0.4) is 0 Å². The summed E-state index contributed by atoms with van der Waals surface area (Å²) in [5.74, 6) is 0. The van der Waals surface area contributed by atoms with E-state index in [4.69, 9.17) is 5.73 Å². The standard InChI is InChI=1S/C15H24N2/c1-3-7-17(8-4-2)15-10-12-5-6-14(16)9-13(12)11-15/h5-6,9,15H,3-4,7-8,10-11,16H2,1-2H3/t15-/m1/s1. The summed E-state index contributed by atoms with van der Waals surface area (Å²) in [4.78, 5) is 2.65. The van der Waals surface area contributed by atoms with Gasteiger partial charge in [-0.2, -0.15) is 0 Å². The van der Waals surface area contributed by atoms with Gasteiger partial charge in [0.25, 0.3) is 0 Å². The molecule has 1 aromatic rings. The van der Waals surface area contributed by atoms with E-state index in [1.807, 2.05) is 6.07 Å². The maximum Gasteiger partial charge on any atom is 0.0316 e. The van der Waals surface area contributed by atoms with Crippen LogP contribution in [-0.2, 0) is 12.8 Å². The molecule has 17 heavy (non-hydrogen) atoms. The van der Waals surface area contributed by atoms with Crippen molar-refractivity contribution in [2.24, 2.45) is 0 Å². The van der Waals surface area contributed by atoms with Crippen molar-refractivity contribution in [1.82, 2.24) is 4.90 Å². The van der Waals surface area contributed by atoms with E-state index < -0.39 is 0 Å². The number of nitrogen functional groups attached to an aromatic ring is 1. The fourth-order valence-electron chi connectivity index (χ4n) is 2.92. The second kappa shape index (κ2) is 5.54. The first-order chi connectivity index (χ1) is 8.24. The Morgan fingerprint density at radius 3 is 2.41 bits per heavy atom. The van der Waals surface area contributed by atoms with Crippen LogP contribution in [0.25, 0.3) is 0 Å². The van der Waals surface area contributed by atoms with E-state index in [9.17, 15) is 0 Å². The van der Waals surface area contributed by atoms with Crippen LogP contribution >= 0.6 is 0 Å². The third-order valence-electron chi connectivity index (χ3n) is 3.68. The molecule has 0 bridgehead atoms. The minimum Gasteiger partial charge on any atom is -0.399 e. The molecular weight excluding hydrogens is 208 g/mol. The van der Waals surface area contributed by atoms with Crippen molar-refractivity contribution < 1.29 is 0 Å². The number of rotatable bonds is 5. The summed E-state index contributed by atoms with van der Waals surface area (Å²) < 4.78 is 0. The Kier molecular flexibility index (Phi) is 4.06. The van der Waals surface area contributed by atoms with E-state index in [2.05, 4.69) is 30.9 Å². The molecule has 0 unspecified atom stereocenters. The van der Waals surface area contributed by atoms with Crippen LogP contribution in [0.15, 0.2) is 18.2 Å². The summed E-state index contributed by atoms with van der Waals surface area (Å²) in [5.41, 5.74) is 9.73. The third kappa shape index (κ3) is 2.81. The number of nitrogens with zero attached hydrogens (tertiary/aromatic N) is 1. The average molecular weight is 232 g/mol. The molecule has 0 saturated carbocycles. The molecule has 1 aliphatic rings. The zero-order valence-corrected chi connectivity index (χ0v) is 11.1. The molecule has 0 heterocycles. The van der Waals surface area contributed by atoms with E-state index in [0.717, 1.165) is 5.69 Å². The quantitative estimate of drug-likeness (QED) is 0.791. The summed E-state index contributed by atoms with van der Waals surface area (Å²) in [7, 11) is 0. The molecule has 0 radical (unpaired) electrons. The maximum atomic E-state index is 5.86. The first kappa shape index (κ1) is 12.4. The molecule has 0 fully saturated rings. The Morgan fingerprint density at radius 1 is 1.12 bits per heavy atom. The first-order valence-corrected chi connectivity index (χ1v) is 6.86. The van der Waals surface area contributed by atoms with Crippen molar-refractivity contribution in [3.8, 4) is 0 Å². The van der Waals surface area contributed by atoms with Crippen molar-refractivity contribution in [2.45, 2.75) is 45.6 Å². The molecule has 0 amide bonds. The lowest BCUT2D eigenvalue weighted by molar-refractivity contribution is 0.202. The first-order valence-electron chi connectivity index (χ1n) is 6.86. The topological polar surface area (TPSA) is 29.3 Å². The molecule has 1 aromatic carbocycles. The number of hydrogen-bond acceptors (Lipinski definition) is 2. The van der Waals surface area contributed by atoms with Gasteiger partial charge in [-0.1, -0.05) is 19.9 Å². The van der Waals surface area contributed by atoms with Crippen LogP contribution in [-0.4, -0.2) is 24.0 Å². The third-order valence-corrected chi connectivity index (χ3v) is 3.68. The highest BCUT2D eigenvalue weighted by Crippen LogP contribution is 2.27. The van der Waals surface area contributed by atoms with E-state index in [1.165, 1.54) is 49.9 Å². The van der Waals surface area contributed by atoms with Gasteiger partial charge in [-0.25, -0.2) is 0 Å². The summed E-state index contributed by atoms with van der Waals surface area (Å²) in [6.45, 7) is 6.98. The van der Waals surface area contributed by atoms with E-state index in [0.29, 0.717) is 6.04 Å². The van der Waals surface area contributed by atoms with Crippen LogP contribution in [0.4, 0.5) is 5.69 Å². The van der Waals surface area contributed by atoms with Gasteiger partial charge >= 0.3 is 0 Å². The van der Waals surface area contributed by atoms with E-state index in [1.54, 1.807) is 0 Å². The minimum absolute atomic E-state index is 0.701. The lowest BCUT2D eigenvalue weighted by atomic mass is 10.1. The Balaban J connectivity index is 2.07. The Morgan fingerprint density at radius 2 is 1.76 bits per heavy atom. The largest absolute Gasteiger partial charge is 0.399 e. The Labute approximate surface area is 105 Å². The molecule has 0 spiro atoms. The zero-order valence-electron chi connectivity index (χ0n) is 11.1. The summed E-state index contributed by atoms with van der Waals surface area (Å²) >= 11 is 0. The molecule has 2 rings (SSSR count). The molecule has 2 heteroatoms. The molecule has 2 N–H and O–H groups in total. The highest BCUT2D eigenvalue weighted by Gasteiger charge is 2.25. The fourth-order valence-corrected chi connectivity index (χ4v) is 2.92. The summed E-state index contributed by atoms with van der Waals surface area (Å²) in [6, 6.07) is 7.10. The van der Waals surface area contributed by atoms with Crippen molar-refractivity contribution >= 4 is 5.69 Å². The van der Waals surface area contributed by atoms with Gasteiger partial charge in [-0.3, -0.25) is 4.90 Å².